The Labute approximate surface area is 207 Å². The number of hydrogen-bond donors (Lipinski definition) is 3. The predicted molar refractivity (Wildman–Crippen MR) is 127 cm³/mol. The van der Waals surface area contributed by atoms with Crippen LogP contribution in [0.15, 0.2) is 59.8 Å². The van der Waals surface area contributed by atoms with E-state index in [-0.39, 0.29) is 31.0 Å². The zero-order chi connectivity index (χ0) is 25.9. The molecule has 2 aromatic carbocycles. The number of ether oxygens (including phenoxy) is 3. The van der Waals surface area contributed by atoms with E-state index in [9.17, 15) is 19.2 Å². The average molecular weight is 495 g/mol. The molecule has 4 rings (SSSR count). The number of nitrogens with zero attached hydrogens (tertiary/aromatic N) is 1. The minimum Gasteiger partial charge on any atom is -0.497 e. The van der Waals surface area contributed by atoms with Crippen LogP contribution in [0.2, 0.25) is 0 Å². The van der Waals surface area contributed by atoms with Crippen LogP contribution in [0.3, 0.4) is 0 Å². The van der Waals surface area contributed by atoms with E-state index in [1.54, 1.807) is 55.5 Å². The maximum absolute atomic E-state index is 14.0. The summed E-state index contributed by atoms with van der Waals surface area (Å²) in [6.07, 6.45) is 0. The first-order valence-corrected chi connectivity index (χ1v) is 11.2. The van der Waals surface area contributed by atoms with Crippen molar-refractivity contribution in [2.75, 3.05) is 33.9 Å². The van der Waals surface area contributed by atoms with Gasteiger partial charge in [-0.1, -0.05) is 24.3 Å². The summed E-state index contributed by atoms with van der Waals surface area (Å²) in [5, 5.41) is 7.87. The van der Waals surface area contributed by atoms with Crippen LogP contribution >= 0.6 is 0 Å². The van der Waals surface area contributed by atoms with Crippen LogP contribution in [-0.4, -0.2) is 62.8 Å². The van der Waals surface area contributed by atoms with Gasteiger partial charge in [-0.25, -0.2) is 14.4 Å². The molecule has 2 aliphatic rings. The first-order chi connectivity index (χ1) is 17.3. The second-order valence-electron chi connectivity index (χ2n) is 8.01. The van der Waals surface area contributed by atoms with Crippen molar-refractivity contribution in [3.05, 3.63) is 70.9 Å². The van der Waals surface area contributed by atoms with E-state index in [1.165, 1.54) is 14.2 Å². The molecule has 188 valence electrons. The number of methoxy groups -OCH3 is 2. The van der Waals surface area contributed by atoms with E-state index in [1.807, 2.05) is 0 Å². The third-order valence-corrected chi connectivity index (χ3v) is 6.04. The van der Waals surface area contributed by atoms with E-state index < -0.39 is 29.5 Å². The zero-order valence-corrected chi connectivity index (χ0v) is 20.0. The van der Waals surface area contributed by atoms with Gasteiger partial charge >= 0.3 is 18.0 Å². The highest BCUT2D eigenvalue weighted by Gasteiger charge is 2.54. The first-order valence-electron chi connectivity index (χ1n) is 11.2. The van der Waals surface area contributed by atoms with Crippen molar-refractivity contribution < 1.29 is 33.4 Å². The molecular formula is C25H26N4O7. The molecule has 11 heteroatoms. The second kappa shape index (κ2) is 9.98. The highest BCUT2D eigenvalue weighted by Crippen LogP contribution is 2.38. The van der Waals surface area contributed by atoms with Crippen LogP contribution in [0, 0.1) is 0 Å². The number of carbonyl (C=O) groups is 4. The molecule has 5 amide bonds. The van der Waals surface area contributed by atoms with Crippen molar-refractivity contribution in [3.8, 4) is 11.5 Å². The molecular weight excluding hydrogens is 468 g/mol. The Morgan fingerprint density at radius 3 is 2.00 bits per heavy atom. The van der Waals surface area contributed by atoms with Crippen molar-refractivity contribution in [1.29, 1.82) is 0 Å². The van der Waals surface area contributed by atoms with Crippen LogP contribution in [0.5, 0.6) is 11.5 Å². The van der Waals surface area contributed by atoms with Gasteiger partial charge in [0.15, 0.2) is 5.54 Å². The lowest BCUT2D eigenvalue weighted by atomic mass is 9.82. The summed E-state index contributed by atoms with van der Waals surface area (Å²) in [7, 11) is 3.06. The summed E-state index contributed by atoms with van der Waals surface area (Å²) in [5.41, 5.74) is -0.312. The van der Waals surface area contributed by atoms with Gasteiger partial charge in [0.25, 0.3) is 5.91 Å². The van der Waals surface area contributed by atoms with Crippen LogP contribution in [0.4, 0.5) is 9.59 Å². The molecule has 0 saturated carbocycles. The number of benzene rings is 2. The monoisotopic (exact) mass is 494 g/mol. The maximum Gasteiger partial charge on any atom is 0.337 e. The summed E-state index contributed by atoms with van der Waals surface area (Å²) in [4.78, 5) is 52.6. The molecule has 2 aliphatic heterocycles. The first kappa shape index (κ1) is 24.6. The lowest BCUT2D eigenvalue weighted by Crippen LogP contribution is -2.48. The van der Waals surface area contributed by atoms with Crippen LogP contribution < -0.4 is 25.4 Å². The molecule has 1 saturated heterocycles. The molecule has 0 aromatic heterocycles. The van der Waals surface area contributed by atoms with Crippen molar-refractivity contribution in [1.82, 2.24) is 20.9 Å². The smallest absolute Gasteiger partial charge is 0.337 e. The van der Waals surface area contributed by atoms with Gasteiger partial charge in [0.05, 0.1) is 45.2 Å². The van der Waals surface area contributed by atoms with Gasteiger partial charge < -0.3 is 30.2 Å². The number of hydrogen-bond acceptors (Lipinski definition) is 7. The molecule has 2 heterocycles. The molecule has 11 nitrogen and oxygen atoms in total. The Kier molecular flexibility index (Phi) is 6.82. The number of rotatable bonds is 8. The Morgan fingerprint density at radius 1 is 0.944 bits per heavy atom. The fraction of sp³-hybridized carbons (Fsp3) is 0.280. The molecule has 0 bridgehead atoms. The topological polar surface area (TPSA) is 135 Å². The Hall–Kier alpha value is -4.54. The molecule has 0 spiro atoms. The van der Waals surface area contributed by atoms with E-state index in [0.29, 0.717) is 22.6 Å². The molecule has 2 aromatic rings. The number of amides is 5. The summed E-state index contributed by atoms with van der Waals surface area (Å²) >= 11 is 0. The number of urea groups is 2. The lowest BCUT2D eigenvalue weighted by molar-refractivity contribution is -0.138. The van der Waals surface area contributed by atoms with Crippen molar-refractivity contribution in [2.24, 2.45) is 0 Å². The summed E-state index contributed by atoms with van der Waals surface area (Å²) < 4.78 is 15.6. The third kappa shape index (κ3) is 4.30. The maximum atomic E-state index is 14.0. The van der Waals surface area contributed by atoms with Gasteiger partial charge in [-0.05, 0) is 42.3 Å². The predicted octanol–water partition coefficient (Wildman–Crippen LogP) is 1.63. The van der Waals surface area contributed by atoms with Crippen molar-refractivity contribution in [2.45, 2.75) is 12.5 Å². The Morgan fingerprint density at radius 2 is 1.50 bits per heavy atom. The highest BCUT2D eigenvalue weighted by molar-refractivity contribution is 6.10. The number of nitrogens with one attached hydrogen (secondary N) is 3. The molecule has 36 heavy (non-hydrogen) atoms. The SMILES string of the molecule is CCOC(=O)C1=C(CN2C(=O)NC(c3ccc(OC)cc3)(c3ccc(OC)cc3)C2=O)NC(=O)NC1. The highest BCUT2D eigenvalue weighted by atomic mass is 16.5. The average Bonchev–Trinajstić information content (AvgIpc) is 3.14. The molecule has 1 fully saturated rings. The summed E-state index contributed by atoms with van der Waals surface area (Å²) in [5.74, 6) is -0.0622. The van der Waals surface area contributed by atoms with Crippen LogP contribution in [0.25, 0.3) is 0 Å². The van der Waals surface area contributed by atoms with E-state index >= 15 is 0 Å². The number of esters is 1. The van der Waals surface area contributed by atoms with E-state index in [2.05, 4.69) is 16.0 Å². The van der Waals surface area contributed by atoms with Crippen LogP contribution in [0.1, 0.15) is 18.1 Å². The molecule has 0 aliphatic carbocycles. The third-order valence-electron chi connectivity index (χ3n) is 6.04. The van der Waals surface area contributed by atoms with Crippen LogP contribution in [-0.2, 0) is 19.9 Å². The van der Waals surface area contributed by atoms with Crippen molar-refractivity contribution in [3.63, 3.8) is 0 Å². The largest absolute Gasteiger partial charge is 0.497 e. The molecule has 0 unspecified atom stereocenters. The minimum absolute atomic E-state index is 0.0915. The summed E-state index contributed by atoms with van der Waals surface area (Å²) in [6.45, 7) is 1.36. The van der Waals surface area contributed by atoms with E-state index in [4.69, 9.17) is 14.2 Å². The van der Waals surface area contributed by atoms with Gasteiger partial charge in [-0.15, -0.1) is 0 Å². The quantitative estimate of drug-likeness (QED) is 0.375. The normalized spacial score (nSPS) is 16.8. The fourth-order valence-corrected chi connectivity index (χ4v) is 4.20. The Bertz CT molecular complexity index is 1170. The van der Waals surface area contributed by atoms with Gasteiger partial charge in [0, 0.05) is 0 Å². The van der Waals surface area contributed by atoms with Gasteiger partial charge in [0.1, 0.15) is 11.5 Å². The summed E-state index contributed by atoms with van der Waals surface area (Å²) in [6, 6.07) is 12.3. The van der Waals surface area contributed by atoms with Gasteiger partial charge in [-0.3, -0.25) is 9.69 Å². The zero-order valence-electron chi connectivity index (χ0n) is 20.0. The van der Waals surface area contributed by atoms with Crippen molar-refractivity contribution >= 4 is 23.9 Å². The van der Waals surface area contributed by atoms with E-state index in [0.717, 1.165) is 4.90 Å². The minimum atomic E-state index is -1.56. The number of imide groups is 1. The Balaban J connectivity index is 1.77. The molecule has 0 atom stereocenters. The number of carbonyl (C=O) groups excluding carboxylic acids is 4. The fourth-order valence-electron chi connectivity index (χ4n) is 4.20. The van der Waals surface area contributed by atoms with Gasteiger partial charge in [0.2, 0.25) is 0 Å². The van der Waals surface area contributed by atoms with Gasteiger partial charge in [-0.2, -0.15) is 0 Å². The molecule has 0 radical (unpaired) electrons. The second-order valence-corrected chi connectivity index (χ2v) is 8.01. The standard InChI is InChI=1S/C25H26N4O7/c1-4-36-21(30)19-13-26-23(32)27-20(19)14-29-22(31)25(28-24(29)33,15-5-9-17(34-2)10-6-15)16-7-11-18(35-3)12-8-16/h5-12H,4,13-14H2,1-3H3,(H,28,33)(H2,26,27,32). The lowest BCUT2D eigenvalue weighted by Gasteiger charge is -2.29. The molecule has 3 N–H and O–H groups in total.